The molecule has 1 aliphatic rings. The van der Waals surface area contributed by atoms with E-state index in [4.69, 9.17) is 18.9 Å². The molecule has 162 valence electrons. The van der Waals surface area contributed by atoms with Crippen LogP contribution < -0.4 is 18.9 Å². The monoisotopic (exact) mass is 430 g/mol. The summed E-state index contributed by atoms with van der Waals surface area (Å²) in [5, 5.41) is 0. The van der Waals surface area contributed by atoms with Crippen LogP contribution in [0.4, 0.5) is 0 Å². The highest BCUT2D eigenvalue weighted by atomic mass is 16.5. The molecule has 1 heterocycles. The lowest BCUT2D eigenvalue weighted by Crippen LogP contribution is -2.11. The minimum Gasteiger partial charge on any atom is -0.493 e. The van der Waals surface area contributed by atoms with Gasteiger partial charge in [-0.25, -0.2) is 0 Å². The lowest BCUT2D eigenvalue weighted by Gasteiger charge is -2.09. The van der Waals surface area contributed by atoms with E-state index in [1.165, 1.54) is 0 Å². The molecule has 0 aliphatic carbocycles. The van der Waals surface area contributed by atoms with Crippen molar-refractivity contribution >= 4 is 17.6 Å². The van der Waals surface area contributed by atoms with Crippen molar-refractivity contribution in [3.63, 3.8) is 0 Å². The Morgan fingerprint density at radius 1 is 0.969 bits per heavy atom. The number of rotatable bonds is 7. The number of aryl methyl sites for hydroxylation is 1. The second-order valence-electron chi connectivity index (χ2n) is 7.25. The number of methoxy groups -OCH3 is 2. The van der Waals surface area contributed by atoms with Crippen molar-refractivity contribution in [1.29, 1.82) is 0 Å². The Balaban J connectivity index is 1.54. The summed E-state index contributed by atoms with van der Waals surface area (Å²) in [6, 6.07) is 17.6. The van der Waals surface area contributed by atoms with Crippen LogP contribution in [0.3, 0.4) is 0 Å². The molecule has 0 radical (unpaired) electrons. The largest absolute Gasteiger partial charge is 0.493 e. The molecule has 3 aromatic carbocycles. The van der Waals surface area contributed by atoms with Gasteiger partial charge in [-0.2, -0.15) is 0 Å². The van der Waals surface area contributed by atoms with Crippen molar-refractivity contribution in [1.82, 2.24) is 0 Å². The molecular weight excluding hydrogens is 408 g/mol. The van der Waals surface area contributed by atoms with Crippen molar-refractivity contribution in [2.24, 2.45) is 0 Å². The number of hydrogen-bond acceptors (Lipinski definition) is 6. The molecule has 1 aliphatic heterocycles. The average molecular weight is 430 g/mol. The molecule has 4 rings (SSSR count). The third-order valence-electron chi connectivity index (χ3n) is 5.11. The number of hydrogen-bond donors (Lipinski definition) is 0. The topological polar surface area (TPSA) is 71.1 Å². The maximum atomic E-state index is 12.9. The molecule has 0 saturated carbocycles. The molecule has 0 amide bonds. The summed E-state index contributed by atoms with van der Waals surface area (Å²) >= 11 is 0. The van der Waals surface area contributed by atoms with Crippen LogP contribution in [-0.4, -0.2) is 32.4 Å². The van der Waals surface area contributed by atoms with Crippen molar-refractivity contribution < 1.29 is 28.5 Å². The Labute approximate surface area is 186 Å². The lowest BCUT2D eigenvalue weighted by molar-refractivity contribution is 0.0920. The fourth-order valence-electron chi connectivity index (χ4n) is 3.51. The molecule has 0 aromatic heterocycles. The first kappa shape index (κ1) is 21.2. The predicted molar refractivity (Wildman–Crippen MR) is 120 cm³/mol. The van der Waals surface area contributed by atoms with Gasteiger partial charge in [0.25, 0.3) is 0 Å². The molecule has 0 saturated heterocycles. The van der Waals surface area contributed by atoms with E-state index < -0.39 is 0 Å². The molecule has 0 bridgehead atoms. The first-order valence-electron chi connectivity index (χ1n) is 10.0. The summed E-state index contributed by atoms with van der Waals surface area (Å²) in [5.74, 6) is 1.88. The molecule has 0 unspecified atom stereocenters. The summed E-state index contributed by atoms with van der Waals surface area (Å²) < 4.78 is 22.1. The third-order valence-corrected chi connectivity index (χ3v) is 5.11. The van der Waals surface area contributed by atoms with Gasteiger partial charge >= 0.3 is 0 Å². The third kappa shape index (κ3) is 4.21. The van der Waals surface area contributed by atoms with Crippen molar-refractivity contribution in [2.45, 2.75) is 6.92 Å². The van der Waals surface area contributed by atoms with Crippen LogP contribution in [0.5, 0.6) is 23.0 Å². The van der Waals surface area contributed by atoms with Crippen LogP contribution in [-0.2, 0) is 0 Å². The second kappa shape index (κ2) is 8.98. The Morgan fingerprint density at radius 2 is 1.72 bits per heavy atom. The number of carbonyl (C=O) groups excluding carboxylic acids is 2. The van der Waals surface area contributed by atoms with Gasteiger partial charge in [0.2, 0.25) is 5.78 Å². The van der Waals surface area contributed by atoms with Gasteiger partial charge in [-0.1, -0.05) is 36.4 Å². The van der Waals surface area contributed by atoms with Crippen molar-refractivity contribution in [3.8, 4) is 23.0 Å². The minimum atomic E-state index is -0.209. The molecule has 0 atom stereocenters. The molecule has 0 spiro atoms. The quantitative estimate of drug-likeness (QED) is 0.393. The van der Waals surface area contributed by atoms with Gasteiger partial charge in [0, 0.05) is 11.6 Å². The first-order chi connectivity index (χ1) is 15.5. The maximum Gasteiger partial charge on any atom is 0.232 e. The number of Topliss-reactive ketones (excluding diaryl/α,β-unsaturated/α-hetero) is 2. The predicted octanol–water partition coefficient (Wildman–Crippen LogP) is 4.89. The van der Waals surface area contributed by atoms with Crippen LogP contribution >= 0.6 is 0 Å². The SMILES string of the molecule is COc1ccc(/C=C2\Oc3cc(OCC(=O)c4ccccc4)cc(C)c3C2=O)cc1OC. The first-order valence-corrected chi connectivity index (χ1v) is 10.0. The van der Waals surface area contributed by atoms with Crippen molar-refractivity contribution in [2.75, 3.05) is 20.8 Å². The minimum absolute atomic E-state index is 0.107. The normalized spacial score (nSPS) is 13.5. The highest BCUT2D eigenvalue weighted by molar-refractivity contribution is 6.15. The fourth-order valence-corrected chi connectivity index (χ4v) is 3.51. The van der Waals surface area contributed by atoms with Crippen molar-refractivity contribution in [3.05, 3.63) is 88.7 Å². The standard InChI is InChI=1S/C26H22O6/c1-16-11-19(31-15-20(27)18-7-5-4-6-8-18)14-23-25(16)26(28)24(32-23)13-17-9-10-21(29-2)22(12-17)30-3/h4-14H,15H2,1-3H3/b24-13-. The number of carbonyl (C=O) groups is 2. The smallest absolute Gasteiger partial charge is 0.232 e. The van der Waals surface area contributed by atoms with Gasteiger partial charge in [-0.15, -0.1) is 0 Å². The van der Waals surface area contributed by atoms with Crippen LogP contribution in [0.1, 0.15) is 31.8 Å². The van der Waals surface area contributed by atoms with E-state index in [1.807, 2.05) is 19.1 Å². The number of ether oxygens (including phenoxy) is 4. The van der Waals surface area contributed by atoms with E-state index in [2.05, 4.69) is 0 Å². The van der Waals surface area contributed by atoms with Crippen LogP contribution in [0.2, 0.25) is 0 Å². The summed E-state index contributed by atoms with van der Waals surface area (Å²) in [6.07, 6.45) is 1.66. The number of allylic oxidation sites excluding steroid dienone is 1. The van der Waals surface area contributed by atoms with E-state index >= 15 is 0 Å². The zero-order chi connectivity index (χ0) is 22.7. The lowest BCUT2D eigenvalue weighted by atomic mass is 10.0. The Morgan fingerprint density at radius 3 is 2.44 bits per heavy atom. The summed E-state index contributed by atoms with van der Waals surface area (Å²) in [7, 11) is 3.11. The molecule has 6 heteroatoms. The summed E-state index contributed by atoms with van der Waals surface area (Å²) in [5.41, 5.74) is 2.52. The zero-order valence-electron chi connectivity index (χ0n) is 18.0. The van der Waals surface area contributed by atoms with E-state index in [1.54, 1.807) is 68.8 Å². The highest BCUT2D eigenvalue weighted by Gasteiger charge is 2.30. The van der Waals surface area contributed by atoms with Crippen LogP contribution in [0.15, 0.2) is 66.4 Å². The molecule has 32 heavy (non-hydrogen) atoms. The van der Waals surface area contributed by atoms with Gasteiger partial charge in [-0.05, 0) is 42.3 Å². The highest BCUT2D eigenvalue weighted by Crippen LogP contribution is 2.38. The molecule has 0 N–H and O–H groups in total. The summed E-state index contributed by atoms with van der Waals surface area (Å²) in [6.45, 7) is 1.70. The number of fused-ring (bicyclic) bond motifs is 1. The molecule has 3 aromatic rings. The average Bonchev–Trinajstić information content (AvgIpc) is 3.13. The van der Waals surface area contributed by atoms with Crippen LogP contribution in [0.25, 0.3) is 6.08 Å². The van der Waals surface area contributed by atoms with Gasteiger partial charge < -0.3 is 18.9 Å². The Bertz CT molecular complexity index is 1210. The van der Waals surface area contributed by atoms with E-state index in [9.17, 15) is 9.59 Å². The van der Waals surface area contributed by atoms with Gasteiger partial charge in [0.05, 0.1) is 19.8 Å². The Hall–Kier alpha value is -4.06. The number of ketones is 2. The van der Waals surface area contributed by atoms with Gasteiger partial charge in [-0.3, -0.25) is 9.59 Å². The van der Waals surface area contributed by atoms with Gasteiger partial charge in [0.15, 0.2) is 29.6 Å². The summed E-state index contributed by atoms with van der Waals surface area (Å²) in [4.78, 5) is 25.2. The van der Waals surface area contributed by atoms with E-state index in [0.717, 1.165) is 5.56 Å². The fraction of sp³-hybridized carbons (Fsp3) is 0.154. The number of benzene rings is 3. The zero-order valence-corrected chi connectivity index (χ0v) is 18.0. The van der Waals surface area contributed by atoms with Crippen LogP contribution in [0, 0.1) is 6.92 Å². The van der Waals surface area contributed by atoms with E-state index in [-0.39, 0.29) is 23.9 Å². The Kier molecular flexibility index (Phi) is 5.94. The molecular formula is C26H22O6. The maximum absolute atomic E-state index is 12.9. The van der Waals surface area contributed by atoms with E-state index in [0.29, 0.717) is 39.7 Å². The molecule has 0 fully saturated rings. The second-order valence-corrected chi connectivity index (χ2v) is 7.25. The molecule has 6 nitrogen and oxygen atoms in total. The van der Waals surface area contributed by atoms with Gasteiger partial charge in [0.1, 0.15) is 11.5 Å².